The molecule has 1 N–H and O–H groups in total. The Balaban J connectivity index is 1.82. The fraction of sp³-hybridized carbons (Fsp3) is 0.667. The van der Waals surface area contributed by atoms with Crippen LogP contribution in [0, 0.1) is 5.82 Å². The molecule has 1 heterocycles. The van der Waals surface area contributed by atoms with Gasteiger partial charge in [0, 0.05) is 12.6 Å². The molecule has 0 saturated carbocycles. The Bertz CT molecular complexity index is 387. The molecule has 2 nitrogen and oxygen atoms in total. The zero-order valence-electron chi connectivity index (χ0n) is 13.1. The molecule has 1 saturated heterocycles. The van der Waals surface area contributed by atoms with Crippen LogP contribution >= 0.6 is 0 Å². The maximum Gasteiger partial charge on any atom is 0.123 e. The second-order valence-corrected chi connectivity index (χ2v) is 5.98. The molecule has 0 aliphatic carbocycles. The zero-order chi connectivity index (χ0) is 14.9. The quantitative estimate of drug-likeness (QED) is 0.756. The Morgan fingerprint density at radius 1 is 1.29 bits per heavy atom. The van der Waals surface area contributed by atoms with Crippen molar-refractivity contribution in [3.8, 4) is 0 Å². The molecule has 0 spiro atoms. The maximum atomic E-state index is 13.1. The Morgan fingerprint density at radius 3 is 2.76 bits per heavy atom. The summed E-state index contributed by atoms with van der Waals surface area (Å²) >= 11 is 0. The molecule has 3 heteroatoms. The fourth-order valence-corrected chi connectivity index (χ4v) is 2.94. The van der Waals surface area contributed by atoms with Crippen LogP contribution in [0.15, 0.2) is 24.3 Å². The average molecular weight is 293 g/mol. The second kappa shape index (κ2) is 9.16. The van der Waals surface area contributed by atoms with Crippen LogP contribution in [0.4, 0.5) is 4.39 Å². The van der Waals surface area contributed by atoms with Gasteiger partial charge in [0.1, 0.15) is 5.82 Å². The number of ether oxygens (including phenoxy) is 1. The molecule has 2 atom stereocenters. The van der Waals surface area contributed by atoms with Gasteiger partial charge in [0.25, 0.3) is 0 Å². The van der Waals surface area contributed by atoms with Gasteiger partial charge in [-0.1, -0.05) is 31.9 Å². The van der Waals surface area contributed by atoms with Gasteiger partial charge in [-0.2, -0.15) is 0 Å². The molecular weight excluding hydrogens is 265 g/mol. The summed E-state index contributed by atoms with van der Waals surface area (Å²) in [5, 5.41) is 3.64. The molecule has 1 aliphatic rings. The number of hydrogen-bond acceptors (Lipinski definition) is 2. The summed E-state index contributed by atoms with van der Waals surface area (Å²) in [4.78, 5) is 0. The van der Waals surface area contributed by atoms with E-state index in [2.05, 4.69) is 12.2 Å². The first-order valence-corrected chi connectivity index (χ1v) is 8.40. The lowest BCUT2D eigenvalue weighted by molar-refractivity contribution is 0.0111. The van der Waals surface area contributed by atoms with Gasteiger partial charge in [-0.25, -0.2) is 4.39 Å². The lowest BCUT2D eigenvalue weighted by Gasteiger charge is -2.24. The minimum Gasteiger partial charge on any atom is -0.378 e. The number of hydrogen-bond donors (Lipinski definition) is 1. The summed E-state index contributed by atoms with van der Waals surface area (Å²) in [6, 6.07) is 7.24. The Labute approximate surface area is 128 Å². The minimum atomic E-state index is -0.163. The highest BCUT2D eigenvalue weighted by Gasteiger charge is 2.15. The molecule has 118 valence electrons. The van der Waals surface area contributed by atoms with E-state index in [4.69, 9.17) is 4.74 Å². The normalized spacial score (nSPS) is 20.4. The van der Waals surface area contributed by atoms with Gasteiger partial charge < -0.3 is 10.1 Å². The predicted molar refractivity (Wildman–Crippen MR) is 84.9 cm³/mol. The van der Waals surface area contributed by atoms with Gasteiger partial charge in [-0.05, 0) is 56.3 Å². The first kappa shape index (κ1) is 16.4. The van der Waals surface area contributed by atoms with Crippen LogP contribution in [-0.2, 0) is 4.74 Å². The SMILES string of the molecule is CCCCC(NCCC1CCCCO1)c1ccc(F)cc1. The standard InChI is InChI=1S/C18H28FNO/c1-2-3-7-18(15-8-10-16(19)11-9-15)20-13-12-17-6-4-5-14-21-17/h8-11,17-18,20H,2-7,12-14H2,1H3. The van der Waals surface area contributed by atoms with Gasteiger partial charge in [0.15, 0.2) is 0 Å². The molecule has 1 fully saturated rings. The van der Waals surface area contributed by atoms with Crippen molar-refractivity contribution in [3.63, 3.8) is 0 Å². The zero-order valence-corrected chi connectivity index (χ0v) is 13.1. The van der Waals surface area contributed by atoms with E-state index in [1.165, 1.54) is 37.7 Å². The average Bonchev–Trinajstić information content (AvgIpc) is 2.53. The first-order chi connectivity index (χ1) is 10.3. The highest BCUT2D eigenvalue weighted by Crippen LogP contribution is 2.21. The van der Waals surface area contributed by atoms with Gasteiger partial charge >= 0.3 is 0 Å². The van der Waals surface area contributed by atoms with Crippen molar-refractivity contribution in [2.45, 2.75) is 64.0 Å². The number of rotatable bonds is 8. The predicted octanol–water partition coefficient (Wildman–Crippen LogP) is 4.61. The molecule has 1 aromatic carbocycles. The lowest BCUT2D eigenvalue weighted by Crippen LogP contribution is -2.28. The largest absolute Gasteiger partial charge is 0.378 e. The summed E-state index contributed by atoms with van der Waals surface area (Å²) in [5.41, 5.74) is 1.19. The number of halogens is 1. The van der Waals surface area contributed by atoms with Gasteiger partial charge in [0.2, 0.25) is 0 Å². The Hall–Kier alpha value is -0.930. The summed E-state index contributed by atoms with van der Waals surface area (Å²) < 4.78 is 18.8. The molecule has 2 unspecified atom stereocenters. The number of benzene rings is 1. The van der Waals surface area contributed by atoms with Crippen molar-refractivity contribution >= 4 is 0 Å². The smallest absolute Gasteiger partial charge is 0.123 e. The molecule has 1 aromatic rings. The van der Waals surface area contributed by atoms with Crippen LogP contribution in [0.25, 0.3) is 0 Å². The molecule has 0 amide bonds. The van der Waals surface area contributed by atoms with Crippen LogP contribution < -0.4 is 5.32 Å². The van der Waals surface area contributed by atoms with E-state index in [9.17, 15) is 4.39 Å². The van der Waals surface area contributed by atoms with E-state index in [0.29, 0.717) is 12.1 Å². The molecule has 0 aromatic heterocycles. The molecule has 2 rings (SSSR count). The van der Waals surface area contributed by atoms with Crippen molar-refractivity contribution in [2.24, 2.45) is 0 Å². The van der Waals surface area contributed by atoms with E-state index in [-0.39, 0.29) is 5.82 Å². The summed E-state index contributed by atoms with van der Waals surface area (Å²) in [6.45, 7) is 4.09. The third-order valence-corrected chi connectivity index (χ3v) is 4.25. The van der Waals surface area contributed by atoms with Crippen LogP contribution in [-0.4, -0.2) is 19.3 Å². The van der Waals surface area contributed by atoms with Crippen LogP contribution in [0.3, 0.4) is 0 Å². The molecular formula is C18H28FNO. The van der Waals surface area contributed by atoms with Crippen LogP contribution in [0.5, 0.6) is 0 Å². The maximum absolute atomic E-state index is 13.1. The highest BCUT2D eigenvalue weighted by atomic mass is 19.1. The van der Waals surface area contributed by atoms with Gasteiger partial charge in [0.05, 0.1) is 6.10 Å². The summed E-state index contributed by atoms with van der Waals surface area (Å²) in [6.07, 6.45) is 8.67. The topological polar surface area (TPSA) is 21.3 Å². The second-order valence-electron chi connectivity index (χ2n) is 5.98. The molecule has 0 radical (unpaired) electrons. The first-order valence-electron chi connectivity index (χ1n) is 8.40. The number of nitrogens with one attached hydrogen (secondary N) is 1. The van der Waals surface area contributed by atoms with E-state index < -0.39 is 0 Å². The van der Waals surface area contributed by atoms with Crippen molar-refractivity contribution in [2.75, 3.05) is 13.2 Å². The Kier molecular flexibility index (Phi) is 7.17. The minimum absolute atomic E-state index is 0.163. The summed E-state index contributed by atoms with van der Waals surface area (Å²) in [7, 11) is 0. The summed E-state index contributed by atoms with van der Waals surface area (Å²) in [5.74, 6) is -0.163. The van der Waals surface area contributed by atoms with Crippen molar-refractivity contribution in [3.05, 3.63) is 35.6 Å². The van der Waals surface area contributed by atoms with Gasteiger partial charge in [-0.15, -0.1) is 0 Å². The van der Waals surface area contributed by atoms with E-state index in [1.54, 1.807) is 12.1 Å². The van der Waals surface area contributed by atoms with Crippen LogP contribution in [0.2, 0.25) is 0 Å². The Morgan fingerprint density at radius 2 is 2.10 bits per heavy atom. The van der Waals surface area contributed by atoms with Crippen molar-refractivity contribution in [1.29, 1.82) is 0 Å². The van der Waals surface area contributed by atoms with Gasteiger partial charge in [-0.3, -0.25) is 0 Å². The van der Waals surface area contributed by atoms with Crippen molar-refractivity contribution < 1.29 is 9.13 Å². The fourth-order valence-electron chi connectivity index (χ4n) is 2.94. The lowest BCUT2D eigenvalue weighted by atomic mass is 10.0. The molecule has 21 heavy (non-hydrogen) atoms. The van der Waals surface area contributed by atoms with Crippen LogP contribution in [0.1, 0.15) is 63.5 Å². The number of unbranched alkanes of at least 4 members (excludes halogenated alkanes) is 1. The molecule has 0 bridgehead atoms. The molecule has 1 aliphatic heterocycles. The third-order valence-electron chi connectivity index (χ3n) is 4.25. The highest BCUT2D eigenvalue weighted by molar-refractivity contribution is 5.19. The third kappa shape index (κ3) is 5.76. The van der Waals surface area contributed by atoms with Crippen molar-refractivity contribution in [1.82, 2.24) is 5.32 Å². The van der Waals surface area contributed by atoms with E-state index in [0.717, 1.165) is 26.0 Å². The van der Waals surface area contributed by atoms with E-state index >= 15 is 0 Å². The van der Waals surface area contributed by atoms with E-state index in [1.807, 2.05) is 12.1 Å². The monoisotopic (exact) mass is 293 g/mol.